The van der Waals surface area contributed by atoms with Crippen LogP contribution in [0.15, 0.2) is 30.5 Å². The van der Waals surface area contributed by atoms with Gasteiger partial charge in [-0.1, -0.05) is 0 Å². The number of alkyl carbamates (subject to hydrolysis) is 1. The van der Waals surface area contributed by atoms with Crippen LogP contribution in [0.5, 0.6) is 5.75 Å². The van der Waals surface area contributed by atoms with Gasteiger partial charge in [0.15, 0.2) is 0 Å². The summed E-state index contributed by atoms with van der Waals surface area (Å²) in [7, 11) is 0. The molecule has 2 aromatic rings. The lowest BCUT2D eigenvalue weighted by Gasteiger charge is -2.22. The van der Waals surface area contributed by atoms with Crippen molar-refractivity contribution in [3.8, 4) is 5.75 Å². The minimum Gasteiger partial charge on any atom is -0.491 e. The quantitative estimate of drug-likeness (QED) is 0.720. The summed E-state index contributed by atoms with van der Waals surface area (Å²) in [5.74, 6) is 0.589. The molecular weight excluding hydrogens is 386 g/mol. The number of rotatable bonds is 5. The number of pyridine rings is 1. The predicted molar refractivity (Wildman–Crippen MR) is 116 cm³/mol. The lowest BCUT2D eigenvalue weighted by Crippen LogP contribution is -2.40. The van der Waals surface area contributed by atoms with Crippen molar-refractivity contribution in [1.29, 1.82) is 0 Å². The Kier molecular flexibility index (Phi) is 7.12. The lowest BCUT2D eigenvalue weighted by molar-refractivity contribution is 0.0493. The zero-order valence-electron chi connectivity index (χ0n) is 18.7. The van der Waals surface area contributed by atoms with Crippen molar-refractivity contribution < 1.29 is 23.8 Å². The molecule has 2 N–H and O–H groups in total. The first-order valence-electron chi connectivity index (χ1n) is 9.83. The Bertz CT molecular complexity index is 900. The van der Waals surface area contributed by atoms with Gasteiger partial charge in [0.25, 0.3) is 0 Å². The maximum atomic E-state index is 12.0. The zero-order chi connectivity index (χ0) is 22.5. The number of benzene rings is 1. The molecule has 164 valence electrons. The summed E-state index contributed by atoms with van der Waals surface area (Å²) in [5.41, 5.74) is 0.127. The molecule has 1 heterocycles. The summed E-state index contributed by atoms with van der Waals surface area (Å²) in [4.78, 5) is 28.2. The molecule has 2 amide bonds. The molecule has 2 rings (SSSR count). The van der Waals surface area contributed by atoms with E-state index in [0.29, 0.717) is 11.4 Å². The fourth-order valence-electron chi connectivity index (χ4n) is 2.51. The van der Waals surface area contributed by atoms with Crippen LogP contribution in [0.2, 0.25) is 0 Å². The molecule has 0 saturated carbocycles. The second-order valence-electron chi connectivity index (χ2n) is 9.03. The first kappa shape index (κ1) is 23.3. The number of amides is 2. The number of carbonyl (C=O) groups excluding carboxylic acids is 2. The number of nitrogens with one attached hydrogen (secondary N) is 2. The van der Waals surface area contributed by atoms with Crippen LogP contribution in [0, 0.1) is 0 Å². The van der Waals surface area contributed by atoms with E-state index in [2.05, 4.69) is 15.6 Å². The molecule has 1 unspecified atom stereocenters. The summed E-state index contributed by atoms with van der Waals surface area (Å²) in [5, 5.41) is 6.18. The Morgan fingerprint density at radius 2 is 1.63 bits per heavy atom. The number of fused-ring (bicyclic) bond motifs is 1. The third-order valence-corrected chi connectivity index (χ3v) is 3.60. The van der Waals surface area contributed by atoms with Gasteiger partial charge in [-0.05, 0) is 72.7 Å². The minimum atomic E-state index is -0.589. The van der Waals surface area contributed by atoms with E-state index in [9.17, 15) is 9.59 Å². The summed E-state index contributed by atoms with van der Waals surface area (Å²) in [6.45, 7) is 12.9. The van der Waals surface area contributed by atoms with Crippen molar-refractivity contribution in [2.75, 3.05) is 11.9 Å². The predicted octanol–water partition coefficient (Wildman–Crippen LogP) is 4.87. The van der Waals surface area contributed by atoms with Crippen molar-refractivity contribution in [2.45, 2.75) is 65.7 Å². The van der Waals surface area contributed by atoms with Crippen LogP contribution in [-0.2, 0) is 9.47 Å². The van der Waals surface area contributed by atoms with Crippen molar-refractivity contribution in [3.05, 3.63) is 30.5 Å². The molecule has 0 spiro atoms. The van der Waals surface area contributed by atoms with Gasteiger partial charge < -0.3 is 19.5 Å². The molecule has 0 aliphatic rings. The highest BCUT2D eigenvalue weighted by Crippen LogP contribution is 2.27. The second kappa shape index (κ2) is 9.19. The average molecular weight is 418 g/mol. The third kappa shape index (κ3) is 7.77. The van der Waals surface area contributed by atoms with Gasteiger partial charge in [0, 0.05) is 17.3 Å². The average Bonchev–Trinajstić information content (AvgIpc) is 2.56. The van der Waals surface area contributed by atoms with Crippen LogP contribution < -0.4 is 15.4 Å². The summed E-state index contributed by atoms with van der Waals surface area (Å²) >= 11 is 0. The molecule has 0 radical (unpaired) electrons. The van der Waals surface area contributed by atoms with Crippen LogP contribution >= 0.6 is 0 Å². The fraction of sp³-hybridized carbons (Fsp3) is 0.500. The largest absolute Gasteiger partial charge is 0.491 e. The maximum absolute atomic E-state index is 12.0. The van der Waals surface area contributed by atoms with E-state index in [1.165, 1.54) is 0 Å². The highest BCUT2D eigenvalue weighted by Gasteiger charge is 2.19. The number of hydrogen-bond donors (Lipinski definition) is 2. The van der Waals surface area contributed by atoms with Gasteiger partial charge in [-0.3, -0.25) is 10.3 Å². The summed E-state index contributed by atoms with van der Waals surface area (Å²) in [6, 6.07) is 6.77. The van der Waals surface area contributed by atoms with E-state index in [4.69, 9.17) is 14.2 Å². The number of anilines is 1. The number of ether oxygens (including phenoxy) is 3. The van der Waals surface area contributed by atoms with Gasteiger partial charge in [-0.15, -0.1) is 0 Å². The van der Waals surface area contributed by atoms with Crippen molar-refractivity contribution in [1.82, 2.24) is 10.3 Å². The van der Waals surface area contributed by atoms with Gasteiger partial charge >= 0.3 is 12.2 Å². The van der Waals surface area contributed by atoms with Crippen molar-refractivity contribution >= 4 is 28.8 Å². The maximum Gasteiger partial charge on any atom is 0.412 e. The summed E-state index contributed by atoms with van der Waals surface area (Å²) in [6.07, 6.45) is 0.607. The van der Waals surface area contributed by atoms with Gasteiger partial charge in [-0.25, -0.2) is 9.59 Å². The van der Waals surface area contributed by atoms with E-state index in [-0.39, 0.29) is 12.6 Å². The SMILES string of the molecule is CC(COc1ccnc2ccc(NC(=O)OC(C)(C)C)cc12)NC(=O)OC(C)(C)C. The standard InChI is InChI=1S/C22H31N3O5/c1-14(24-19(26)29-21(2,3)4)13-28-18-10-11-23-17-9-8-15(12-16(17)18)25-20(27)30-22(5,6)7/h8-12,14H,13H2,1-7H3,(H,24,26)(H,25,27). The third-order valence-electron chi connectivity index (χ3n) is 3.60. The van der Waals surface area contributed by atoms with Crippen LogP contribution in [-0.4, -0.2) is 41.0 Å². The highest BCUT2D eigenvalue weighted by atomic mass is 16.6. The first-order chi connectivity index (χ1) is 13.8. The Morgan fingerprint density at radius 3 is 2.27 bits per heavy atom. The fourth-order valence-corrected chi connectivity index (χ4v) is 2.51. The molecule has 0 saturated heterocycles. The second-order valence-corrected chi connectivity index (χ2v) is 9.03. The molecule has 8 heteroatoms. The molecule has 0 aliphatic heterocycles. The minimum absolute atomic E-state index is 0.238. The van der Waals surface area contributed by atoms with Gasteiger partial charge in [-0.2, -0.15) is 0 Å². The molecule has 1 aromatic carbocycles. The number of aromatic nitrogens is 1. The molecule has 1 aromatic heterocycles. The van der Waals surface area contributed by atoms with Crippen molar-refractivity contribution in [2.24, 2.45) is 0 Å². The molecule has 0 fully saturated rings. The molecule has 0 aliphatic carbocycles. The van der Waals surface area contributed by atoms with E-state index >= 15 is 0 Å². The smallest absolute Gasteiger partial charge is 0.412 e. The Balaban J connectivity index is 2.06. The normalized spacial score (nSPS) is 12.8. The Morgan fingerprint density at radius 1 is 1.00 bits per heavy atom. The van der Waals surface area contributed by atoms with Gasteiger partial charge in [0.05, 0.1) is 11.6 Å². The molecule has 8 nitrogen and oxygen atoms in total. The monoisotopic (exact) mass is 417 g/mol. The Labute approximate surface area is 177 Å². The van der Waals surface area contributed by atoms with Crippen LogP contribution in [0.1, 0.15) is 48.5 Å². The number of nitrogens with zero attached hydrogens (tertiary/aromatic N) is 1. The van der Waals surface area contributed by atoms with E-state index in [1.54, 1.807) is 72.0 Å². The number of carbonyl (C=O) groups is 2. The van der Waals surface area contributed by atoms with Gasteiger partial charge in [0.1, 0.15) is 23.6 Å². The molecule has 0 bridgehead atoms. The Hall–Kier alpha value is -3.03. The highest BCUT2D eigenvalue weighted by molar-refractivity contribution is 5.92. The summed E-state index contributed by atoms with van der Waals surface area (Å²) < 4.78 is 16.4. The topological polar surface area (TPSA) is 98.8 Å². The molecular formula is C22H31N3O5. The van der Waals surface area contributed by atoms with E-state index in [1.807, 2.05) is 6.92 Å². The van der Waals surface area contributed by atoms with E-state index < -0.39 is 23.4 Å². The van der Waals surface area contributed by atoms with Crippen molar-refractivity contribution in [3.63, 3.8) is 0 Å². The van der Waals surface area contributed by atoms with Crippen LogP contribution in [0.4, 0.5) is 15.3 Å². The van der Waals surface area contributed by atoms with Crippen LogP contribution in [0.25, 0.3) is 10.9 Å². The first-order valence-corrected chi connectivity index (χ1v) is 9.83. The van der Waals surface area contributed by atoms with E-state index in [0.717, 1.165) is 10.9 Å². The molecule has 1 atom stereocenters. The van der Waals surface area contributed by atoms with Gasteiger partial charge in [0.2, 0.25) is 0 Å². The van der Waals surface area contributed by atoms with Crippen LogP contribution in [0.3, 0.4) is 0 Å². The lowest BCUT2D eigenvalue weighted by atomic mass is 10.2. The zero-order valence-corrected chi connectivity index (χ0v) is 18.7. The molecule has 30 heavy (non-hydrogen) atoms. The number of hydrogen-bond acceptors (Lipinski definition) is 6.